The van der Waals surface area contributed by atoms with Gasteiger partial charge >= 0.3 is 0 Å². The Morgan fingerprint density at radius 1 is 1.16 bits per heavy atom. The Hall–Kier alpha value is -1.19. The Morgan fingerprint density at radius 3 is 2.42 bits per heavy atom. The number of anilines is 1. The predicted octanol–water partition coefficient (Wildman–Crippen LogP) is 5.37. The van der Waals surface area contributed by atoms with Crippen LogP contribution in [0.4, 0.5) is 10.1 Å². The lowest BCUT2D eigenvalue weighted by atomic mass is 10.1. The van der Waals surface area contributed by atoms with Gasteiger partial charge in [0.1, 0.15) is 5.82 Å². The van der Waals surface area contributed by atoms with E-state index in [1.54, 1.807) is 23.9 Å². The molecule has 1 N–H and O–H groups in total. The second kappa shape index (κ2) is 6.31. The van der Waals surface area contributed by atoms with Crippen molar-refractivity contribution in [1.82, 2.24) is 0 Å². The number of benzene rings is 2. The van der Waals surface area contributed by atoms with Gasteiger partial charge in [0.25, 0.3) is 0 Å². The SMILES string of the molecule is CSc1ccc(NC(C)c2ccc(F)c(Cl)c2)cc1. The maximum absolute atomic E-state index is 13.1. The molecule has 19 heavy (non-hydrogen) atoms. The van der Waals surface area contributed by atoms with Crippen LogP contribution in [0.1, 0.15) is 18.5 Å². The normalized spacial score (nSPS) is 12.2. The van der Waals surface area contributed by atoms with Crippen LogP contribution >= 0.6 is 23.4 Å². The van der Waals surface area contributed by atoms with E-state index in [0.717, 1.165) is 11.3 Å². The lowest BCUT2D eigenvalue weighted by Crippen LogP contribution is -2.06. The van der Waals surface area contributed by atoms with Crippen LogP contribution in [-0.2, 0) is 0 Å². The van der Waals surface area contributed by atoms with Gasteiger partial charge in [0.05, 0.1) is 5.02 Å². The highest BCUT2D eigenvalue weighted by Gasteiger charge is 2.08. The van der Waals surface area contributed by atoms with E-state index in [1.165, 1.54) is 11.0 Å². The third-order valence-electron chi connectivity index (χ3n) is 2.92. The number of nitrogens with one attached hydrogen (secondary N) is 1. The molecule has 100 valence electrons. The van der Waals surface area contributed by atoms with Gasteiger partial charge < -0.3 is 5.32 Å². The van der Waals surface area contributed by atoms with E-state index in [0.29, 0.717) is 0 Å². The minimum absolute atomic E-state index is 0.0678. The van der Waals surface area contributed by atoms with Crippen molar-refractivity contribution in [3.05, 3.63) is 58.9 Å². The molecule has 2 aromatic rings. The summed E-state index contributed by atoms with van der Waals surface area (Å²) in [6.45, 7) is 2.02. The molecule has 1 atom stereocenters. The molecule has 0 aliphatic rings. The minimum Gasteiger partial charge on any atom is -0.379 e. The van der Waals surface area contributed by atoms with Crippen molar-refractivity contribution in [3.63, 3.8) is 0 Å². The molecule has 0 aliphatic carbocycles. The first-order chi connectivity index (χ1) is 9.10. The van der Waals surface area contributed by atoms with Gasteiger partial charge in [-0.25, -0.2) is 4.39 Å². The molecule has 1 nitrogen and oxygen atoms in total. The molecule has 4 heteroatoms. The highest BCUT2D eigenvalue weighted by Crippen LogP contribution is 2.25. The zero-order chi connectivity index (χ0) is 13.8. The first-order valence-corrected chi connectivity index (χ1v) is 7.56. The molecule has 0 fully saturated rings. The van der Waals surface area contributed by atoms with Crippen molar-refractivity contribution in [3.8, 4) is 0 Å². The van der Waals surface area contributed by atoms with Crippen LogP contribution in [0, 0.1) is 5.82 Å². The second-order valence-corrected chi connectivity index (χ2v) is 5.55. The Kier molecular flexibility index (Phi) is 4.72. The van der Waals surface area contributed by atoms with Crippen LogP contribution in [0.3, 0.4) is 0 Å². The Bertz CT molecular complexity index is 557. The van der Waals surface area contributed by atoms with Crippen molar-refractivity contribution in [2.24, 2.45) is 0 Å². The highest BCUT2D eigenvalue weighted by molar-refractivity contribution is 7.98. The summed E-state index contributed by atoms with van der Waals surface area (Å²) in [4.78, 5) is 1.23. The fraction of sp³-hybridized carbons (Fsp3) is 0.200. The number of hydrogen-bond acceptors (Lipinski definition) is 2. The van der Waals surface area contributed by atoms with Crippen LogP contribution in [0.5, 0.6) is 0 Å². The van der Waals surface area contributed by atoms with Crippen LogP contribution in [0.25, 0.3) is 0 Å². The van der Waals surface area contributed by atoms with Crippen molar-refractivity contribution in [2.75, 3.05) is 11.6 Å². The van der Waals surface area contributed by atoms with E-state index in [4.69, 9.17) is 11.6 Å². The van der Waals surface area contributed by atoms with Crippen molar-refractivity contribution in [1.29, 1.82) is 0 Å². The summed E-state index contributed by atoms with van der Waals surface area (Å²) in [6, 6.07) is 13.1. The van der Waals surface area contributed by atoms with E-state index >= 15 is 0 Å². The molecule has 0 saturated heterocycles. The number of halogens is 2. The highest BCUT2D eigenvalue weighted by atomic mass is 35.5. The summed E-state index contributed by atoms with van der Waals surface area (Å²) in [5.41, 5.74) is 1.99. The van der Waals surface area contributed by atoms with E-state index in [1.807, 2.05) is 25.3 Å². The first kappa shape index (κ1) is 14.2. The van der Waals surface area contributed by atoms with E-state index < -0.39 is 0 Å². The van der Waals surface area contributed by atoms with Crippen LogP contribution in [-0.4, -0.2) is 6.26 Å². The number of thioether (sulfide) groups is 1. The maximum atomic E-state index is 13.1. The third-order valence-corrected chi connectivity index (χ3v) is 3.95. The fourth-order valence-electron chi connectivity index (χ4n) is 1.80. The molecular weight excluding hydrogens is 281 g/mol. The van der Waals surface area contributed by atoms with Crippen molar-refractivity contribution in [2.45, 2.75) is 17.9 Å². The van der Waals surface area contributed by atoms with Gasteiger partial charge in [-0.2, -0.15) is 0 Å². The molecule has 2 aromatic carbocycles. The summed E-state index contributed by atoms with van der Waals surface area (Å²) in [7, 11) is 0. The summed E-state index contributed by atoms with van der Waals surface area (Å²) in [5.74, 6) is -0.387. The standard InChI is InChI=1S/C15H15ClFNS/c1-10(11-3-8-15(17)14(16)9-11)18-12-4-6-13(19-2)7-5-12/h3-10,18H,1-2H3. The van der Waals surface area contributed by atoms with Gasteiger partial charge in [0.15, 0.2) is 0 Å². The summed E-state index contributed by atoms with van der Waals surface area (Å²) in [5, 5.41) is 3.52. The summed E-state index contributed by atoms with van der Waals surface area (Å²) >= 11 is 7.50. The third kappa shape index (κ3) is 3.64. The van der Waals surface area contributed by atoms with Crippen LogP contribution in [0.2, 0.25) is 5.02 Å². The Morgan fingerprint density at radius 2 is 1.84 bits per heavy atom. The molecule has 0 saturated carbocycles. The number of rotatable bonds is 4. The Balaban J connectivity index is 2.10. The molecule has 0 aliphatic heterocycles. The molecule has 2 rings (SSSR count). The predicted molar refractivity (Wildman–Crippen MR) is 81.7 cm³/mol. The lowest BCUT2D eigenvalue weighted by Gasteiger charge is -2.16. The Labute approximate surface area is 122 Å². The fourth-order valence-corrected chi connectivity index (χ4v) is 2.40. The van der Waals surface area contributed by atoms with E-state index in [9.17, 15) is 4.39 Å². The van der Waals surface area contributed by atoms with Gasteiger partial charge in [-0.05, 0) is 55.1 Å². The monoisotopic (exact) mass is 295 g/mol. The zero-order valence-electron chi connectivity index (χ0n) is 10.8. The molecule has 0 bridgehead atoms. The van der Waals surface area contributed by atoms with Gasteiger partial charge in [0, 0.05) is 16.6 Å². The zero-order valence-corrected chi connectivity index (χ0v) is 12.4. The van der Waals surface area contributed by atoms with E-state index in [2.05, 4.69) is 17.4 Å². The molecule has 0 heterocycles. The van der Waals surface area contributed by atoms with Gasteiger partial charge in [-0.15, -0.1) is 11.8 Å². The maximum Gasteiger partial charge on any atom is 0.141 e. The smallest absolute Gasteiger partial charge is 0.141 e. The quantitative estimate of drug-likeness (QED) is 0.761. The average molecular weight is 296 g/mol. The lowest BCUT2D eigenvalue weighted by molar-refractivity contribution is 0.627. The van der Waals surface area contributed by atoms with Gasteiger partial charge in [-0.3, -0.25) is 0 Å². The van der Waals surface area contributed by atoms with E-state index in [-0.39, 0.29) is 16.9 Å². The van der Waals surface area contributed by atoms with Crippen molar-refractivity contribution >= 4 is 29.1 Å². The van der Waals surface area contributed by atoms with Crippen LogP contribution in [0.15, 0.2) is 47.4 Å². The molecule has 0 spiro atoms. The van der Waals surface area contributed by atoms with Crippen molar-refractivity contribution < 1.29 is 4.39 Å². The van der Waals surface area contributed by atoms with Gasteiger partial charge in [-0.1, -0.05) is 17.7 Å². The number of hydrogen-bond donors (Lipinski definition) is 1. The average Bonchev–Trinajstić information content (AvgIpc) is 2.42. The topological polar surface area (TPSA) is 12.0 Å². The molecule has 0 amide bonds. The van der Waals surface area contributed by atoms with Gasteiger partial charge in [0.2, 0.25) is 0 Å². The molecular formula is C15H15ClFNS. The minimum atomic E-state index is -0.387. The molecule has 0 aromatic heterocycles. The first-order valence-electron chi connectivity index (χ1n) is 5.95. The molecule has 1 unspecified atom stereocenters. The molecule has 0 radical (unpaired) electrons. The summed E-state index contributed by atoms with van der Waals surface area (Å²) < 4.78 is 13.1. The van der Waals surface area contributed by atoms with Crippen LogP contribution < -0.4 is 5.32 Å². The second-order valence-electron chi connectivity index (χ2n) is 4.27. The largest absolute Gasteiger partial charge is 0.379 e. The summed E-state index contributed by atoms with van der Waals surface area (Å²) in [6.07, 6.45) is 2.05.